The predicted molar refractivity (Wildman–Crippen MR) is 73.0 cm³/mol. The topological polar surface area (TPSA) is 26.3 Å². The number of carbonyl (C=O) groups excluding carboxylic acids is 1. The van der Waals surface area contributed by atoms with Crippen LogP contribution in [0.2, 0.25) is 0 Å². The van der Waals surface area contributed by atoms with Gasteiger partial charge in [0, 0.05) is 4.47 Å². The summed E-state index contributed by atoms with van der Waals surface area (Å²) in [4.78, 5) is 11.7. The molecule has 94 valence electrons. The summed E-state index contributed by atoms with van der Waals surface area (Å²) < 4.78 is 6.14. The Morgan fingerprint density at radius 2 is 2.12 bits per heavy atom. The van der Waals surface area contributed by atoms with Crippen LogP contribution < -0.4 is 0 Å². The van der Waals surface area contributed by atoms with E-state index >= 15 is 0 Å². The molecule has 0 spiro atoms. The van der Waals surface area contributed by atoms with Gasteiger partial charge in [0.05, 0.1) is 12.5 Å². The molecule has 0 aliphatic carbocycles. The standard InChI is InChI=1S/C14H19BrO2/c1-4-11(14(16)17-5-2)8-12-9-13(15)7-6-10(12)3/h6-7,9,11H,4-5,8H2,1-3H3. The maximum Gasteiger partial charge on any atom is 0.309 e. The molecule has 0 fully saturated rings. The van der Waals surface area contributed by atoms with Crippen LogP contribution in [0.1, 0.15) is 31.4 Å². The molecule has 1 rings (SSSR count). The van der Waals surface area contributed by atoms with Crippen molar-refractivity contribution in [2.75, 3.05) is 6.61 Å². The molecule has 0 aliphatic rings. The van der Waals surface area contributed by atoms with E-state index < -0.39 is 0 Å². The monoisotopic (exact) mass is 298 g/mol. The molecule has 0 saturated carbocycles. The lowest BCUT2D eigenvalue weighted by Gasteiger charge is -2.15. The van der Waals surface area contributed by atoms with Crippen molar-refractivity contribution in [2.24, 2.45) is 5.92 Å². The quantitative estimate of drug-likeness (QED) is 0.771. The molecule has 0 saturated heterocycles. The second-order valence-corrected chi connectivity index (χ2v) is 5.05. The number of carbonyl (C=O) groups is 1. The molecule has 0 aliphatic heterocycles. The number of aryl methyl sites for hydroxylation is 1. The minimum absolute atomic E-state index is 0.0389. The molecule has 17 heavy (non-hydrogen) atoms. The number of benzene rings is 1. The van der Waals surface area contributed by atoms with E-state index in [4.69, 9.17) is 4.74 Å². The van der Waals surface area contributed by atoms with E-state index in [0.717, 1.165) is 17.3 Å². The molecule has 2 nitrogen and oxygen atoms in total. The van der Waals surface area contributed by atoms with E-state index in [0.29, 0.717) is 6.61 Å². The van der Waals surface area contributed by atoms with Gasteiger partial charge in [0.25, 0.3) is 0 Å². The Morgan fingerprint density at radius 1 is 1.41 bits per heavy atom. The molecule has 1 aromatic carbocycles. The van der Waals surface area contributed by atoms with E-state index in [2.05, 4.69) is 35.0 Å². The average Bonchev–Trinajstić information content (AvgIpc) is 2.30. The summed E-state index contributed by atoms with van der Waals surface area (Å²) in [6, 6.07) is 6.17. The van der Waals surface area contributed by atoms with Crippen LogP contribution in [0.15, 0.2) is 22.7 Å². The van der Waals surface area contributed by atoms with Crippen molar-refractivity contribution >= 4 is 21.9 Å². The van der Waals surface area contributed by atoms with Gasteiger partial charge in [-0.05, 0) is 49.9 Å². The van der Waals surface area contributed by atoms with Gasteiger partial charge in [-0.3, -0.25) is 4.79 Å². The van der Waals surface area contributed by atoms with E-state index in [1.807, 2.05) is 19.9 Å². The Hall–Kier alpha value is -0.830. The predicted octanol–water partition coefficient (Wildman–Crippen LogP) is 3.89. The SMILES string of the molecule is CCOC(=O)C(CC)Cc1cc(Br)ccc1C. The van der Waals surface area contributed by atoms with Crippen LogP contribution in [0.4, 0.5) is 0 Å². The van der Waals surface area contributed by atoms with Gasteiger partial charge in [-0.25, -0.2) is 0 Å². The molecule has 0 amide bonds. The second kappa shape index (κ2) is 6.80. The van der Waals surface area contributed by atoms with Crippen LogP contribution in [0, 0.1) is 12.8 Å². The first-order valence-corrected chi connectivity index (χ1v) is 6.79. The Morgan fingerprint density at radius 3 is 2.71 bits per heavy atom. The second-order valence-electron chi connectivity index (χ2n) is 4.13. The summed E-state index contributed by atoms with van der Waals surface area (Å²) in [6.07, 6.45) is 1.56. The molecule has 1 aromatic rings. The molecule has 3 heteroatoms. The van der Waals surface area contributed by atoms with Crippen LogP contribution in [0.3, 0.4) is 0 Å². The lowest BCUT2D eigenvalue weighted by molar-refractivity contribution is -0.148. The maximum atomic E-state index is 11.7. The van der Waals surface area contributed by atoms with Crippen molar-refractivity contribution in [3.63, 3.8) is 0 Å². The lowest BCUT2D eigenvalue weighted by Crippen LogP contribution is -2.19. The number of halogens is 1. The smallest absolute Gasteiger partial charge is 0.309 e. The van der Waals surface area contributed by atoms with Gasteiger partial charge in [0.2, 0.25) is 0 Å². The lowest BCUT2D eigenvalue weighted by atomic mass is 9.94. The highest BCUT2D eigenvalue weighted by atomic mass is 79.9. The fraction of sp³-hybridized carbons (Fsp3) is 0.500. The van der Waals surface area contributed by atoms with Gasteiger partial charge in [-0.1, -0.05) is 28.9 Å². The molecule has 0 aromatic heterocycles. The number of ether oxygens (including phenoxy) is 1. The molecule has 1 unspecified atom stereocenters. The van der Waals surface area contributed by atoms with E-state index in [9.17, 15) is 4.79 Å². The highest BCUT2D eigenvalue weighted by Crippen LogP contribution is 2.21. The highest BCUT2D eigenvalue weighted by molar-refractivity contribution is 9.10. The van der Waals surface area contributed by atoms with Gasteiger partial charge in [-0.15, -0.1) is 0 Å². The Bertz CT molecular complexity index is 388. The van der Waals surface area contributed by atoms with E-state index in [-0.39, 0.29) is 11.9 Å². The average molecular weight is 299 g/mol. The Balaban J connectivity index is 2.80. The molecule has 1 atom stereocenters. The molecular weight excluding hydrogens is 280 g/mol. The van der Waals surface area contributed by atoms with Crippen molar-refractivity contribution in [3.8, 4) is 0 Å². The van der Waals surface area contributed by atoms with Gasteiger partial charge >= 0.3 is 5.97 Å². The van der Waals surface area contributed by atoms with Crippen LogP contribution in [0.25, 0.3) is 0 Å². The van der Waals surface area contributed by atoms with Crippen molar-refractivity contribution in [1.29, 1.82) is 0 Å². The maximum absolute atomic E-state index is 11.7. The first kappa shape index (κ1) is 14.2. The zero-order chi connectivity index (χ0) is 12.8. The Kier molecular flexibility index (Phi) is 5.69. The van der Waals surface area contributed by atoms with Gasteiger partial charge in [0.15, 0.2) is 0 Å². The zero-order valence-electron chi connectivity index (χ0n) is 10.6. The van der Waals surface area contributed by atoms with Crippen LogP contribution >= 0.6 is 15.9 Å². The zero-order valence-corrected chi connectivity index (χ0v) is 12.2. The fourth-order valence-corrected chi connectivity index (χ4v) is 2.19. The van der Waals surface area contributed by atoms with Crippen LogP contribution in [0.5, 0.6) is 0 Å². The summed E-state index contributed by atoms with van der Waals surface area (Å²) in [5, 5.41) is 0. The van der Waals surface area contributed by atoms with Crippen LogP contribution in [-0.2, 0) is 16.0 Å². The molecular formula is C14H19BrO2. The van der Waals surface area contributed by atoms with E-state index in [1.54, 1.807) is 0 Å². The van der Waals surface area contributed by atoms with Crippen LogP contribution in [-0.4, -0.2) is 12.6 Å². The Labute approximate surface area is 111 Å². The number of hydrogen-bond donors (Lipinski definition) is 0. The summed E-state index contributed by atoms with van der Waals surface area (Å²) in [7, 11) is 0. The highest BCUT2D eigenvalue weighted by Gasteiger charge is 2.18. The number of esters is 1. The number of rotatable bonds is 5. The third-order valence-corrected chi connectivity index (χ3v) is 3.38. The van der Waals surface area contributed by atoms with Gasteiger partial charge in [-0.2, -0.15) is 0 Å². The minimum Gasteiger partial charge on any atom is -0.466 e. The minimum atomic E-state index is -0.0885. The largest absolute Gasteiger partial charge is 0.466 e. The van der Waals surface area contributed by atoms with Crippen molar-refractivity contribution < 1.29 is 9.53 Å². The molecule has 0 bridgehead atoms. The first-order chi connectivity index (χ1) is 8.08. The van der Waals surface area contributed by atoms with Gasteiger partial charge in [0.1, 0.15) is 0 Å². The molecule has 0 radical (unpaired) electrons. The first-order valence-electron chi connectivity index (χ1n) is 6.00. The third kappa shape index (κ3) is 4.15. The fourth-order valence-electron chi connectivity index (χ4n) is 1.78. The van der Waals surface area contributed by atoms with Gasteiger partial charge < -0.3 is 4.74 Å². The van der Waals surface area contributed by atoms with E-state index in [1.165, 1.54) is 11.1 Å². The van der Waals surface area contributed by atoms with Crippen molar-refractivity contribution in [2.45, 2.75) is 33.6 Å². The normalized spacial score (nSPS) is 12.2. The summed E-state index contributed by atoms with van der Waals surface area (Å²) >= 11 is 3.46. The van der Waals surface area contributed by atoms with Crippen molar-refractivity contribution in [3.05, 3.63) is 33.8 Å². The third-order valence-electron chi connectivity index (χ3n) is 2.89. The van der Waals surface area contributed by atoms with Crippen molar-refractivity contribution in [1.82, 2.24) is 0 Å². The summed E-state index contributed by atoms with van der Waals surface area (Å²) in [5.41, 5.74) is 2.43. The summed E-state index contributed by atoms with van der Waals surface area (Å²) in [6.45, 7) is 6.39. The number of hydrogen-bond acceptors (Lipinski definition) is 2. The summed E-state index contributed by atoms with van der Waals surface area (Å²) in [5.74, 6) is -0.127. The molecule has 0 N–H and O–H groups in total. The molecule has 0 heterocycles.